The minimum Gasteiger partial charge on any atom is -0.320 e. The number of H-pyrrole nitrogens is 1. The van der Waals surface area contributed by atoms with Crippen LogP contribution in [-0.4, -0.2) is 10.9 Å². The third kappa shape index (κ3) is 3.00. The van der Waals surface area contributed by atoms with E-state index < -0.39 is 0 Å². The molecule has 1 amide bonds. The van der Waals surface area contributed by atoms with Crippen molar-refractivity contribution in [2.24, 2.45) is 5.92 Å². The average Bonchev–Trinajstić information content (AvgIpc) is 2.82. The fraction of sp³-hybridized carbons (Fsp3) is 0.500. The van der Waals surface area contributed by atoms with E-state index in [0.29, 0.717) is 18.0 Å². The normalized spacial score (nSPS) is 11.3. The standard InChI is InChI=1S/C12H16N2O2S2/c1-7(2)4-3-5-9(15)14-10-11-8(6-17-18-11)13-12(10)16/h6-7H,3-5H2,1-2H3,(H,13,16)(H,14,15). The van der Waals surface area contributed by atoms with Gasteiger partial charge in [-0.3, -0.25) is 9.59 Å². The van der Waals surface area contributed by atoms with Gasteiger partial charge >= 0.3 is 0 Å². The SMILES string of the molecule is CC(C)CCCC(=O)Nc1c2sscc-2[nH]c1=O. The van der Waals surface area contributed by atoms with Gasteiger partial charge in [-0.25, -0.2) is 0 Å². The molecule has 18 heavy (non-hydrogen) atoms. The van der Waals surface area contributed by atoms with Crippen molar-refractivity contribution in [2.75, 3.05) is 5.32 Å². The molecule has 98 valence electrons. The number of anilines is 1. The first kappa shape index (κ1) is 13.3. The summed E-state index contributed by atoms with van der Waals surface area (Å²) >= 11 is 0. The van der Waals surface area contributed by atoms with Crippen LogP contribution in [0.2, 0.25) is 0 Å². The first-order chi connectivity index (χ1) is 8.58. The summed E-state index contributed by atoms with van der Waals surface area (Å²) in [4.78, 5) is 27.0. The second-order valence-corrected chi connectivity index (χ2v) is 6.78. The van der Waals surface area contributed by atoms with Gasteiger partial charge < -0.3 is 10.3 Å². The number of hydrogen-bond donors (Lipinski definition) is 2. The van der Waals surface area contributed by atoms with E-state index in [1.54, 1.807) is 10.3 Å². The summed E-state index contributed by atoms with van der Waals surface area (Å²) in [6.07, 6.45) is 2.36. The van der Waals surface area contributed by atoms with Crippen LogP contribution in [0.1, 0.15) is 33.1 Å². The average molecular weight is 284 g/mol. The van der Waals surface area contributed by atoms with Gasteiger partial charge in [0.25, 0.3) is 5.56 Å². The van der Waals surface area contributed by atoms with Gasteiger partial charge in [0, 0.05) is 11.8 Å². The van der Waals surface area contributed by atoms with Crippen LogP contribution in [-0.2, 0) is 4.79 Å². The van der Waals surface area contributed by atoms with E-state index in [1.807, 2.05) is 5.38 Å². The van der Waals surface area contributed by atoms with Crippen molar-refractivity contribution >= 4 is 32.3 Å². The summed E-state index contributed by atoms with van der Waals surface area (Å²) in [5, 5.41) is 4.61. The lowest BCUT2D eigenvalue weighted by Gasteiger charge is -2.04. The van der Waals surface area contributed by atoms with Gasteiger partial charge in [0.2, 0.25) is 5.91 Å². The van der Waals surface area contributed by atoms with Gasteiger partial charge in [0.05, 0.1) is 10.6 Å². The summed E-state index contributed by atoms with van der Waals surface area (Å²) in [6.45, 7) is 4.27. The molecule has 0 aromatic heterocycles. The first-order valence-electron chi connectivity index (χ1n) is 5.97. The number of carbonyl (C=O) groups is 1. The highest BCUT2D eigenvalue weighted by Crippen LogP contribution is 2.35. The molecule has 2 rings (SSSR count). The van der Waals surface area contributed by atoms with Crippen LogP contribution < -0.4 is 10.9 Å². The van der Waals surface area contributed by atoms with Crippen molar-refractivity contribution in [2.45, 2.75) is 33.1 Å². The van der Waals surface area contributed by atoms with Crippen molar-refractivity contribution in [3.05, 3.63) is 15.7 Å². The Morgan fingerprint density at radius 1 is 1.50 bits per heavy atom. The van der Waals surface area contributed by atoms with Gasteiger partial charge in [-0.2, -0.15) is 0 Å². The molecule has 0 saturated heterocycles. The Kier molecular flexibility index (Phi) is 4.19. The Morgan fingerprint density at radius 3 is 3.00 bits per heavy atom. The highest BCUT2D eigenvalue weighted by atomic mass is 32.9. The molecular formula is C12H16N2O2S2. The summed E-state index contributed by atoms with van der Waals surface area (Å²) < 4.78 is 0. The minimum absolute atomic E-state index is 0.0768. The third-order valence-corrected chi connectivity index (χ3v) is 4.79. The fourth-order valence-electron chi connectivity index (χ4n) is 1.76. The van der Waals surface area contributed by atoms with Crippen LogP contribution in [0, 0.1) is 5.92 Å². The number of nitrogens with one attached hydrogen (secondary N) is 2. The van der Waals surface area contributed by atoms with E-state index in [1.165, 1.54) is 10.3 Å². The van der Waals surface area contributed by atoms with Crippen molar-refractivity contribution in [3.63, 3.8) is 0 Å². The molecule has 0 atom stereocenters. The second-order valence-electron chi connectivity index (χ2n) is 4.70. The lowest BCUT2D eigenvalue weighted by Crippen LogP contribution is -2.16. The minimum atomic E-state index is -0.207. The molecule has 0 saturated carbocycles. The molecule has 0 fully saturated rings. The molecule has 0 radical (unpaired) electrons. The van der Waals surface area contributed by atoms with Crippen LogP contribution in [0.3, 0.4) is 0 Å². The molecule has 2 N–H and O–H groups in total. The van der Waals surface area contributed by atoms with E-state index in [0.717, 1.165) is 23.4 Å². The van der Waals surface area contributed by atoms with E-state index in [9.17, 15) is 9.59 Å². The predicted molar refractivity (Wildman–Crippen MR) is 76.8 cm³/mol. The topological polar surface area (TPSA) is 62.0 Å². The zero-order valence-corrected chi connectivity index (χ0v) is 12.0. The summed E-state index contributed by atoms with van der Waals surface area (Å²) in [6, 6.07) is 0. The number of amides is 1. The Bertz CT molecular complexity index is 553. The zero-order valence-electron chi connectivity index (χ0n) is 10.4. The van der Waals surface area contributed by atoms with Gasteiger partial charge in [-0.05, 0) is 12.3 Å². The highest BCUT2D eigenvalue weighted by molar-refractivity contribution is 7.70. The largest absolute Gasteiger partial charge is 0.320 e. The molecule has 6 heteroatoms. The molecule has 0 unspecified atom stereocenters. The number of fused-ring (bicyclic) bond motifs is 1. The molecular weight excluding hydrogens is 268 g/mol. The van der Waals surface area contributed by atoms with Gasteiger partial charge in [0.1, 0.15) is 5.69 Å². The zero-order chi connectivity index (χ0) is 13.1. The van der Waals surface area contributed by atoms with E-state index in [2.05, 4.69) is 24.1 Å². The summed E-state index contributed by atoms with van der Waals surface area (Å²) in [7, 11) is 3.05. The second kappa shape index (κ2) is 5.67. The lowest BCUT2D eigenvalue weighted by atomic mass is 10.1. The monoisotopic (exact) mass is 284 g/mol. The van der Waals surface area contributed by atoms with Gasteiger partial charge in [-0.15, -0.1) is 0 Å². The maximum Gasteiger partial charge on any atom is 0.273 e. The fourth-order valence-corrected chi connectivity index (χ4v) is 3.92. The summed E-state index contributed by atoms with van der Waals surface area (Å²) in [5.74, 6) is 0.526. The molecule has 4 nitrogen and oxygen atoms in total. The quantitative estimate of drug-likeness (QED) is 0.827. The predicted octanol–water partition coefficient (Wildman–Crippen LogP) is 3.37. The maximum absolute atomic E-state index is 11.8. The van der Waals surface area contributed by atoms with Crippen LogP contribution in [0.15, 0.2) is 10.2 Å². The highest BCUT2D eigenvalue weighted by Gasteiger charge is 2.18. The Morgan fingerprint density at radius 2 is 2.28 bits per heavy atom. The molecule has 0 spiro atoms. The number of carbonyl (C=O) groups excluding carboxylic acids is 1. The molecule has 2 aliphatic rings. The third-order valence-electron chi connectivity index (χ3n) is 2.69. The molecule has 2 heterocycles. The van der Waals surface area contributed by atoms with Gasteiger partial charge in [-0.1, -0.05) is 40.9 Å². The Hall–Kier alpha value is -1.14. The molecule has 0 bridgehead atoms. The van der Waals surface area contributed by atoms with Crippen LogP contribution >= 0.6 is 20.7 Å². The van der Waals surface area contributed by atoms with Crippen molar-refractivity contribution in [1.82, 2.24) is 4.98 Å². The van der Waals surface area contributed by atoms with E-state index >= 15 is 0 Å². The van der Waals surface area contributed by atoms with Crippen LogP contribution in [0.25, 0.3) is 10.6 Å². The van der Waals surface area contributed by atoms with Crippen molar-refractivity contribution < 1.29 is 4.79 Å². The number of hydrogen-bond acceptors (Lipinski definition) is 4. The van der Waals surface area contributed by atoms with E-state index in [-0.39, 0.29) is 11.5 Å². The Balaban J connectivity index is 1.97. The lowest BCUT2D eigenvalue weighted by molar-refractivity contribution is -0.116. The molecule has 2 aliphatic heterocycles. The van der Waals surface area contributed by atoms with Crippen LogP contribution in [0.4, 0.5) is 5.69 Å². The molecule has 0 aliphatic carbocycles. The van der Waals surface area contributed by atoms with Crippen molar-refractivity contribution in [3.8, 4) is 10.6 Å². The number of aromatic amines is 1. The van der Waals surface area contributed by atoms with Gasteiger partial charge in [0.15, 0.2) is 0 Å². The maximum atomic E-state index is 11.8. The first-order valence-corrected chi connectivity index (χ1v) is 8.18. The molecule has 0 aromatic rings. The Labute approximate surface area is 113 Å². The summed E-state index contributed by atoms with van der Waals surface area (Å²) in [5.41, 5.74) is 1.01. The van der Waals surface area contributed by atoms with E-state index in [4.69, 9.17) is 0 Å². The van der Waals surface area contributed by atoms with Crippen molar-refractivity contribution in [1.29, 1.82) is 0 Å². The van der Waals surface area contributed by atoms with Crippen LogP contribution in [0.5, 0.6) is 0 Å². The smallest absolute Gasteiger partial charge is 0.273 e. The molecule has 0 aromatic carbocycles. The number of rotatable bonds is 5. The number of aromatic nitrogens is 1.